The summed E-state index contributed by atoms with van der Waals surface area (Å²) in [6, 6.07) is 16.1. The minimum absolute atomic E-state index is 0. The predicted molar refractivity (Wildman–Crippen MR) is 111 cm³/mol. The summed E-state index contributed by atoms with van der Waals surface area (Å²) in [7, 11) is 0. The Morgan fingerprint density at radius 2 is 1.81 bits per heavy atom. The maximum atomic E-state index is 12.4. The molecule has 0 spiro atoms. The number of halogens is 1. The lowest BCUT2D eigenvalue weighted by Gasteiger charge is -2.25. The van der Waals surface area contributed by atoms with Gasteiger partial charge in [-0.05, 0) is 24.3 Å². The lowest BCUT2D eigenvalue weighted by atomic mass is 10.1. The minimum Gasteiger partial charge on any atom is -0.314 e. The zero-order valence-electron chi connectivity index (χ0n) is 15.0. The minimum atomic E-state index is 0. The second kappa shape index (κ2) is 8.95. The first kappa shape index (κ1) is 19.3. The Kier molecular flexibility index (Phi) is 6.40. The highest BCUT2D eigenvalue weighted by Crippen LogP contribution is 2.27. The summed E-state index contributed by atoms with van der Waals surface area (Å²) < 4.78 is 1.86. The smallest absolute Gasteiger partial charge is 0.169 e. The van der Waals surface area contributed by atoms with Gasteiger partial charge < -0.3 is 5.32 Å². The molecule has 2 aromatic heterocycles. The zero-order valence-corrected chi connectivity index (χ0v) is 15.9. The topological polar surface area (TPSA) is 49.6 Å². The van der Waals surface area contributed by atoms with Gasteiger partial charge in [-0.1, -0.05) is 36.4 Å². The van der Waals surface area contributed by atoms with Crippen molar-refractivity contribution in [2.75, 3.05) is 32.7 Å². The number of hydrogen-bond acceptors (Lipinski definition) is 4. The highest BCUT2D eigenvalue weighted by molar-refractivity contribution is 5.97. The number of carbonyl (C=O) groups is 1. The summed E-state index contributed by atoms with van der Waals surface area (Å²) in [4.78, 5) is 14.6. The molecule has 1 fully saturated rings. The average molecular weight is 383 g/mol. The fraction of sp³-hybridized carbons (Fsp3) is 0.238. The maximum absolute atomic E-state index is 12.4. The third-order valence-corrected chi connectivity index (χ3v) is 4.65. The van der Waals surface area contributed by atoms with Crippen molar-refractivity contribution in [1.29, 1.82) is 0 Å². The van der Waals surface area contributed by atoms with E-state index in [0.717, 1.165) is 48.5 Å². The first-order valence-corrected chi connectivity index (χ1v) is 8.98. The van der Waals surface area contributed by atoms with E-state index in [1.807, 2.05) is 65.3 Å². The fourth-order valence-electron chi connectivity index (χ4n) is 3.31. The summed E-state index contributed by atoms with van der Waals surface area (Å²) in [5.41, 5.74) is 3.91. The molecule has 27 heavy (non-hydrogen) atoms. The van der Waals surface area contributed by atoms with Crippen molar-refractivity contribution in [3.05, 3.63) is 66.4 Å². The van der Waals surface area contributed by atoms with E-state index in [0.29, 0.717) is 6.54 Å². The number of piperazine rings is 1. The van der Waals surface area contributed by atoms with Gasteiger partial charge in [-0.3, -0.25) is 9.69 Å². The van der Waals surface area contributed by atoms with Crippen molar-refractivity contribution in [3.8, 4) is 11.3 Å². The number of nitrogens with one attached hydrogen (secondary N) is 1. The van der Waals surface area contributed by atoms with E-state index in [2.05, 4.69) is 10.2 Å². The first-order valence-electron chi connectivity index (χ1n) is 8.98. The summed E-state index contributed by atoms with van der Waals surface area (Å²) >= 11 is 0. The molecule has 3 heterocycles. The van der Waals surface area contributed by atoms with Crippen LogP contribution in [0.5, 0.6) is 0 Å². The molecule has 1 aliphatic heterocycles. The van der Waals surface area contributed by atoms with Gasteiger partial charge in [0.2, 0.25) is 0 Å². The van der Waals surface area contributed by atoms with Crippen LogP contribution in [-0.2, 0) is 4.79 Å². The Balaban J connectivity index is 0.00000210. The molecule has 0 saturated carbocycles. The molecule has 0 atom stereocenters. The van der Waals surface area contributed by atoms with Crippen LogP contribution in [0.2, 0.25) is 0 Å². The van der Waals surface area contributed by atoms with E-state index in [9.17, 15) is 4.79 Å². The van der Waals surface area contributed by atoms with Crippen LogP contribution in [0.15, 0.2) is 60.8 Å². The highest BCUT2D eigenvalue weighted by Gasteiger charge is 2.14. The lowest BCUT2D eigenvalue weighted by molar-refractivity contribution is -0.115. The number of fused-ring (bicyclic) bond motifs is 1. The molecule has 140 valence electrons. The summed E-state index contributed by atoms with van der Waals surface area (Å²) in [6.45, 7) is 4.21. The standard InChI is InChI=1S/C21H22N4O.ClH/c26-18(16-24-14-11-22-12-15-24)9-10-19-20-8-4-5-13-25(20)23-21(19)17-6-2-1-3-7-17;/h1-10,13,22H,11-12,14-16H2;1H/b10-9+;. The van der Waals surface area contributed by atoms with Gasteiger partial charge >= 0.3 is 0 Å². The van der Waals surface area contributed by atoms with Gasteiger partial charge in [-0.2, -0.15) is 5.10 Å². The Bertz CT molecular complexity index is 930. The second-order valence-corrected chi connectivity index (χ2v) is 6.48. The van der Waals surface area contributed by atoms with Gasteiger partial charge in [0.05, 0.1) is 12.1 Å². The van der Waals surface area contributed by atoms with Crippen LogP contribution in [0.1, 0.15) is 5.56 Å². The van der Waals surface area contributed by atoms with Crippen molar-refractivity contribution in [3.63, 3.8) is 0 Å². The number of nitrogens with zero attached hydrogens (tertiary/aromatic N) is 3. The van der Waals surface area contributed by atoms with Crippen molar-refractivity contribution in [1.82, 2.24) is 19.8 Å². The summed E-state index contributed by atoms with van der Waals surface area (Å²) in [5.74, 6) is 0.126. The number of pyridine rings is 1. The molecule has 3 aromatic rings. The number of rotatable bonds is 5. The van der Waals surface area contributed by atoms with Crippen LogP contribution in [0.3, 0.4) is 0 Å². The molecular weight excluding hydrogens is 360 g/mol. The molecule has 0 bridgehead atoms. The Hall–Kier alpha value is -2.47. The number of ketones is 1. The van der Waals surface area contributed by atoms with E-state index in [-0.39, 0.29) is 18.2 Å². The quantitative estimate of drug-likeness (QED) is 0.689. The normalized spacial score (nSPS) is 15.1. The summed E-state index contributed by atoms with van der Waals surface area (Å²) in [5, 5.41) is 8.02. The van der Waals surface area contributed by atoms with Crippen molar-refractivity contribution >= 4 is 29.8 Å². The van der Waals surface area contributed by atoms with Crippen LogP contribution in [-0.4, -0.2) is 53.0 Å². The van der Waals surface area contributed by atoms with E-state index in [1.54, 1.807) is 6.08 Å². The first-order chi connectivity index (χ1) is 12.8. The van der Waals surface area contributed by atoms with Gasteiger partial charge in [-0.25, -0.2) is 4.52 Å². The number of carbonyl (C=O) groups excluding carboxylic acids is 1. The second-order valence-electron chi connectivity index (χ2n) is 6.48. The number of benzene rings is 1. The van der Waals surface area contributed by atoms with Gasteiger partial charge in [-0.15, -0.1) is 12.4 Å². The lowest BCUT2D eigenvalue weighted by Crippen LogP contribution is -2.45. The molecule has 6 heteroatoms. The van der Waals surface area contributed by atoms with Gasteiger partial charge in [0, 0.05) is 43.5 Å². The van der Waals surface area contributed by atoms with E-state index in [4.69, 9.17) is 5.10 Å². The van der Waals surface area contributed by atoms with Crippen molar-refractivity contribution in [2.45, 2.75) is 0 Å². The number of hydrogen-bond donors (Lipinski definition) is 1. The van der Waals surface area contributed by atoms with Crippen molar-refractivity contribution in [2.24, 2.45) is 0 Å². The van der Waals surface area contributed by atoms with Crippen LogP contribution < -0.4 is 5.32 Å². The van der Waals surface area contributed by atoms with Crippen LogP contribution in [0.25, 0.3) is 22.9 Å². The molecule has 1 N–H and O–H groups in total. The van der Waals surface area contributed by atoms with Gasteiger partial charge in [0.25, 0.3) is 0 Å². The van der Waals surface area contributed by atoms with Crippen molar-refractivity contribution < 1.29 is 4.79 Å². The molecule has 0 aliphatic carbocycles. The molecule has 0 unspecified atom stereocenters. The van der Waals surface area contributed by atoms with Crippen LogP contribution in [0, 0.1) is 0 Å². The third kappa shape index (κ3) is 4.45. The van der Waals surface area contributed by atoms with Crippen LogP contribution >= 0.6 is 12.4 Å². The molecule has 1 aliphatic rings. The predicted octanol–water partition coefficient (Wildman–Crippen LogP) is 2.91. The Labute approximate surface area is 165 Å². The molecule has 5 nitrogen and oxygen atoms in total. The highest BCUT2D eigenvalue weighted by atomic mass is 35.5. The fourth-order valence-corrected chi connectivity index (χ4v) is 3.31. The Morgan fingerprint density at radius 3 is 2.59 bits per heavy atom. The molecule has 0 amide bonds. The zero-order chi connectivity index (χ0) is 17.8. The SMILES string of the molecule is Cl.O=C(/C=C/c1c(-c2ccccc2)nn2ccccc12)CN1CCNCC1. The largest absolute Gasteiger partial charge is 0.314 e. The number of aromatic nitrogens is 2. The average Bonchev–Trinajstić information content (AvgIpc) is 3.06. The van der Waals surface area contributed by atoms with E-state index >= 15 is 0 Å². The Morgan fingerprint density at radius 1 is 1.07 bits per heavy atom. The molecule has 4 rings (SSSR count). The maximum Gasteiger partial charge on any atom is 0.169 e. The van der Waals surface area contributed by atoms with E-state index in [1.165, 1.54) is 0 Å². The third-order valence-electron chi connectivity index (χ3n) is 4.65. The monoisotopic (exact) mass is 382 g/mol. The van der Waals surface area contributed by atoms with Crippen LogP contribution in [0.4, 0.5) is 0 Å². The van der Waals surface area contributed by atoms with Gasteiger partial charge in [0.15, 0.2) is 5.78 Å². The van der Waals surface area contributed by atoms with E-state index < -0.39 is 0 Å². The molecule has 1 saturated heterocycles. The summed E-state index contributed by atoms with van der Waals surface area (Å²) in [6.07, 6.45) is 5.54. The molecule has 0 radical (unpaired) electrons. The van der Waals surface area contributed by atoms with Gasteiger partial charge in [0.1, 0.15) is 5.69 Å². The molecular formula is C21H23ClN4O. The molecule has 1 aromatic carbocycles.